The molecule has 0 amide bonds. The number of aromatic amines is 1. The first kappa shape index (κ1) is 11.2. The van der Waals surface area contributed by atoms with E-state index in [1.54, 1.807) is 0 Å². The first-order chi connectivity index (χ1) is 7.61. The fourth-order valence-electron chi connectivity index (χ4n) is 1.68. The van der Waals surface area contributed by atoms with Gasteiger partial charge in [-0.25, -0.2) is 4.98 Å². The molecule has 3 N–H and O–H groups in total. The van der Waals surface area contributed by atoms with Crippen LogP contribution >= 0.6 is 0 Å². The second kappa shape index (κ2) is 4.28. The minimum atomic E-state index is -0.872. The molecular weight excluding hydrogens is 219 g/mol. The molecule has 16 heavy (non-hydrogen) atoms. The molecule has 1 aromatic rings. The number of aromatic nitrogens is 2. The number of H-pyrrole nitrogens is 1. The van der Waals surface area contributed by atoms with E-state index in [4.69, 9.17) is 9.84 Å². The van der Waals surface area contributed by atoms with E-state index in [-0.39, 0.29) is 18.7 Å². The molecule has 0 aromatic carbocycles. The molecule has 0 saturated carbocycles. The van der Waals surface area contributed by atoms with Crippen molar-refractivity contribution in [1.29, 1.82) is 0 Å². The second-order valence-corrected chi connectivity index (χ2v) is 3.60. The lowest BCUT2D eigenvalue weighted by Gasteiger charge is -2.11. The summed E-state index contributed by atoms with van der Waals surface area (Å²) in [7, 11) is 0. The highest BCUT2D eigenvalue weighted by Gasteiger charge is 2.36. The molecule has 1 aliphatic rings. The number of aliphatic hydroxyl groups excluding tert-OH is 2. The van der Waals surface area contributed by atoms with E-state index in [0.29, 0.717) is 0 Å². The van der Waals surface area contributed by atoms with E-state index >= 15 is 0 Å². The van der Waals surface area contributed by atoms with E-state index in [2.05, 4.69) is 4.98 Å². The number of hydrogen-bond acceptors (Lipinski definition) is 5. The van der Waals surface area contributed by atoms with Gasteiger partial charge in [0.15, 0.2) is 0 Å². The quantitative estimate of drug-likeness (QED) is 0.611. The third kappa shape index (κ3) is 1.97. The van der Waals surface area contributed by atoms with Gasteiger partial charge in [-0.2, -0.15) is 4.39 Å². The second-order valence-electron chi connectivity index (χ2n) is 3.60. The lowest BCUT2D eigenvalue weighted by molar-refractivity contribution is -0.0246. The highest BCUT2D eigenvalue weighted by Crippen LogP contribution is 2.32. The van der Waals surface area contributed by atoms with Crippen molar-refractivity contribution >= 4 is 0 Å². The highest BCUT2D eigenvalue weighted by atomic mass is 19.1. The molecule has 0 bridgehead atoms. The van der Waals surface area contributed by atoms with Crippen molar-refractivity contribution in [3.8, 4) is 0 Å². The van der Waals surface area contributed by atoms with Crippen LogP contribution in [0, 0.1) is 5.95 Å². The normalized spacial score (nSPS) is 29.6. The smallest absolute Gasteiger partial charge is 0.268 e. The van der Waals surface area contributed by atoms with Crippen LogP contribution in [0.25, 0.3) is 0 Å². The number of halogens is 1. The first-order valence-electron chi connectivity index (χ1n) is 4.81. The SMILES string of the molecule is O=c1cnc([C@H]2C[C@@H](O)[C@@H](CO)O2)c(F)[nH]1. The summed E-state index contributed by atoms with van der Waals surface area (Å²) in [5.74, 6) is -0.872. The average Bonchev–Trinajstić information content (AvgIpc) is 2.59. The summed E-state index contributed by atoms with van der Waals surface area (Å²) < 4.78 is 18.5. The van der Waals surface area contributed by atoms with Crippen molar-refractivity contribution in [1.82, 2.24) is 9.97 Å². The van der Waals surface area contributed by atoms with E-state index in [1.165, 1.54) is 0 Å². The molecular formula is C9H11FN2O4. The maximum absolute atomic E-state index is 13.3. The van der Waals surface area contributed by atoms with Crippen LogP contribution in [0.4, 0.5) is 4.39 Å². The van der Waals surface area contributed by atoms with Crippen LogP contribution < -0.4 is 5.56 Å². The van der Waals surface area contributed by atoms with Gasteiger partial charge in [-0.3, -0.25) is 9.78 Å². The molecule has 0 unspecified atom stereocenters. The minimum Gasteiger partial charge on any atom is -0.394 e. The Hall–Kier alpha value is -1.31. The maximum atomic E-state index is 13.3. The fourth-order valence-corrected chi connectivity index (χ4v) is 1.68. The van der Waals surface area contributed by atoms with Crippen LogP contribution in [-0.4, -0.2) is 39.0 Å². The number of nitrogens with zero attached hydrogens (tertiary/aromatic N) is 1. The highest BCUT2D eigenvalue weighted by molar-refractivity contribution is 5.06. The number of rotatable bonds is 2. The van der Waals surface area contributed by atoms with Crippen molar-refractivity contribution in [2.75, 3.05) is 6.61 Å². The monoisotopic (exact) mass is 230 g/mol. The van der Waals surface area contributed by atoms with Gasteiger partial charge in [0.1, 0.15) is 17.9 Å². The molecule has 88 valence electrons. The largest absolute Gasteiger partial charge is 0.394 e. The average molecular weight is 230 g/mol. The Morgan fingerprint density at radius 2 is 2.44 bits per heavy atom. The van der Waals surface area contributed by atoms with E-state index < -0.39 is 29.8 Å². The van der Waals surface area contributed by atoms with Gasteiger partial charge in [-0.15, -0.1) is 0 Å². The number of hydrogen-bond donors (Lipinski definition) is 3. The summed E-state index contributed by atoms with van der Waals surface area (Å²) in [6, 6.07) is 0. The maximum Gasteiger partial charge on any atom is 0.268 e. The predicted octanol–water partition coefficient (Wildman–Crippen LogP) is -0.908. The zero-order valence-electron chi connectivity index (χ0n) is 8.26. The van der Waals surface area contributed by atoms with Gasteiger partial charge in [-0.05, 0) is 0 Å². The molecule has 1 fully saturated rings. The molecule has 1 aliphatic heterocycles. The molecule has 7 heteroatoms. The van der Waals surface area contributed by atoms with E-state index in [1.807, 2.05) is 4.98 Å². The lowest BCUT2D eigenvalue weighted by atomic mass is 10.1. The van der Waals surface area contributed by atoms with Crippen molar-refractivity contribution < 1.29 is 19.3 Å². The van der Waals surface area contributed by atoms with E-state index in [0.717, 1.165) is 6.20 Å². The number of nitrogens with one attached hydrogen (secondary N) is 1. The van der Waals surface area contributed by atoms with E-state index in [9.17, 15) is 14.3 Å². The Morgan fingerprint density at radius 1 is 1.69 bits per heavy atom. The zero-order valence-corrected chi connectivity index (χ0v) is 8.26. The van der Waals surface area contributed by atoms with Gasteiger partial charge >= 0.3 is 0 Å². The van der Waals surface area contributed by atoms with Gasteiger partial charge in [0.2, 0.25) is 5.95 Å². The molecule has 2 rings (SSSR count). The summed E-state index contributed by atoms with van der Waals surface area (Å²) >= 11 is 0. The van der Waals surface area contributed by atoms with Crippen LogP contribution in [-0.2, 0) is 4.74 Å². The minimum absolute atomic E-state index is 0.0606. The molecule has 1 aromatic heterocycles. The molecule has 0 aliphatic carbocycles. The molecule has 0 spiro atoms. The Kier molecular flexibility index (Phi) is 2.99. The van der Waals surface area contributed by atoms with Gasteiger partial charge in [0, 0.05) is 6.42 Å². The predicted molar refractivity (Wildman–Crippen MR) is 50.1 cm³/mol. The third-order valence-electron chi connectivity index (χ3n) is 2.49. The Labute approximate surface area is 89.7 Å². The van der Waals surface area contributed by atoms with Gasteiger partial charge in [0.05, 0.1) is 18.9 Å². The fraction of sp³-hybridized carbons (Fsp3) is 0.556. The van der Waals surface area contributed by atoms with Crippen LogP contribution in [0.3, 0.4) is 0 Å². The Balaban J connectivity index is 2.23. The molecule has 6 nitrogen and oxygen atoms in total. The van der Waals surface area contributed by atoms with Crippen LogP contribution in [0.5, 0.6) is 0 Å². The summed E-state index contributed by atoms with van der Waals surface area (Å²) in [5, 5.41) is 18.3. The topological polar surface area (TPSA) is 95.4 Å². The lowest BCUT2D eigenvalue weighted by Crippen LogP contribution is -2.24. The Morgan fingerprint density at radius 3 is 3.00 bits per heavy atom. The van der Waals surface area contributed by atoms with Gasteiger partial charge in [-0.1, -0.05) is 0 Å². The van der Waals surface area contributed by atoms with Crippen LogP contribution in [0.15, 0.2) is 11.0 Å². The zero-order chi connectivity index (χ0) is 11.7. The number of aliphatic hydroxyl groups is 2. The molecule has 3 atom stereocenters. The Bertz CT molecular complexity index is 436. The first-order valence-corrected chi connectivity index (χ1v) is 4.81. The summed E-state index contributed by atoms with van der Waals surface area (Å²) in [6.45, 7) is -0.345. The van der Waals surface area contributed by atoms with Crippen LogP contribution in [0.1, 0.15) is 18.2 Å². The van der Waals surface area contributed by atoms with Crippen molar-refractivity contribution in [2.45, 2.75) is 24.7 Å². The van der Waals surface area contributed by atoms with Crippen molar-refractivity contribution in [3.05, 3.63) is 28.2 Å². The summed E-state index contributed by atoms with van der Waals surface area (Å²) in [4.78, 5) is 16.3. The molecule has 1 saturated heterocycles. The van der Waals surface area contributed by atoms with Gasteiger partial charge in [0.25, 0.3) is 5.56 Å². The van der Waals surface area contributed by atoms with Gasteiger partial charge < -0.3 is 14.9 Å². The summed E-state index contributed by atoms with van der Waals surface area (Å²) in [6.07, 6.45) is -1.26. The number of ether oxygens (including phenoxy) is 1. The van der Waals surface area contributed by atoms with Crippen molar-refractivity contribution in [2.24, 2.45) is 0 Å². The molecule has 2 heterocycles. The molecule has 0 radical (unpaired) electrons. The van der Waals surface area contributed by atoms with Crippen LogP contribution in [0.2, 0.25) is 0 Å². The third-order valence-corrected chi connectivity index (χ3v) is 2.49. The standard InChI is InChI=1S/C9H11FN2O4/c10-9-8(11-2-7(15)12-9)5-1-4(14)6(3-13)16-5/h2,4-6,13-14H,1,3H2,(H,12,15)/t4-,5-,6-/m1/s1. The van der Waals surface area contributed by atoms with Crippen molar-refractivity contribution in [3.63, 3.8) is 0 Å². The summed E-state index contributed by atoms with van der Waals surface area (Å²) in [5.41, 5.74) is -0.701.